The van der Waals surface area contributed by atoms with E-state index in [2.05, 4.69) is 67.3 Å². The minimum atomic E-state index is 0.153. The molecule has 0 amide bonds. The van der Waals surface area contributed by atoms with Crippen molar-refractivity contribution >= 4 is 9.24 Å². The second-order valence-electron chi connectivity index (χ2n) is 5.09. The molecule has 1 aliphatic carbocycles. The fourth-order valence-electron chi connectivity index (χ4n) is 2.27. The van der Waals surface area contributed by atoms with Gasteiger partial charge in [0, 0.05) is 5.41 Å². The highest BCUT2D eigenvalue weighted by atomic mass is 31.0. The minimum absolute atomic E-state index is 0.153. The van der Waals surface area contributed by atoms with E-state index in [-0.39, 0.29) is 5.41 Å². The second-order valence-corrected chi connectivity index (χ2v) is 5.50. The Balaban J connectivity index is 2.92. The molecular weight excluding hydrogens is 223 g/mol. The zero-order valence-electron chi connectivity index (χ0n) is 11.6. The Bertz CT molecular complexity index is 378. The third kappa shape index (κ3) is 3.42. The molecule has 0 heterocycles. The zero-order chi connectivity index (χ0) is 12.9. The molecule has 1 heteroatoms. The van der Waals surface area contributed by atoms with Gasteiger partial charge < -0.3 is 0 Å². The molecule has 0 aromatic heterocycles. The summed E-state index contributed by atoms with van der Waals surface area (Å²) in [6.07, 6.45) is 14.7. The summed E-state index contributed by atoms with van der Waals surface area (Å²) in [6, 6.07) is 0. The molecule has 94 valence electrons. The maximum atomic E-state index is 2.82. The summed E-state index contributed by atoms with van der Waals surface area (Å²) in [4.78, 5) is 0. The van der Waals surface area contributed by atoms with Gasteiger partial charge in [-0.2, -0.15) is 0 Å². The van der Waals surface area contributed by atoms with E-state index in [4.69, 9.17) is 0 Å². The number of hydrogen-bond donors (Lipinski definition) is 0. The first kappa shape index (κ1) is 14.5. The lowest BCUT2D eigenvalue weighted by Crippen LogP contribution is -2.16. The van der Waals surface area contributed by atoms with E-state index in [9.17, 15) is 0 Å². The van der Waals surface area contributed by atoms with Gasteiger partial charge in [0.1, 0.15) is 0 Å². The van der Waals surface area contributed by atoms with Crippen LogP contribution in [0.15, 0.2) is 47.1 Å². The van der Waals surface area contributed by atoms with Crippen LogP contribution in [0, 0.1) is 5.41 Å². The van der Waals surface area contributed by atoms with E-state index >= 15 is 0 Å². The zero-order valence-corrected chi connectivity index (χ0v) is 12.7. The van der Waals surface area contributed by atoms with Crippen LogP contribution in [-0.2, 0) is 0 Å². The molecule has 0 fully saturated rings. The molecule has 0 spiro atoms. The van der Waals surface area contributed by atoms with Crippen LogP contribution in [0.2, 0.25) is 0 Å². The molecule has 0 aromatic carbocycles. The fraction of sp³-hybridized carbons (Fsp3) is 0.500. The van der Waals surface area contributed by atoms with Gasteiger partial charge in [0.25, 0.3) is 0 Å². The number of hydrogen-bond acceptors (Lipinski definition) is 0. The first-order valence-electron chi connectivity index (χ1n) is 6.48. The first-order chi connectivity index (χ1) is 8.06. The summed E-state index contributed by atoms with van der Waals surface area (Å²) >= 11 is 0. The van der Waals surface area contributed by atoms with Crippen LogP contribution in [0.4, 0.5) is 0 Å². The van der Waals surface area contributed by atoms with E-state index in [1.54, 1.807) is 0 Å². The molecule has 0 N–H and O–H groups in total. The molecule has 0 nitrogen and oxygen atoms in total. The number of allylic oxidation sites excluding steroid dienone is 8. The monoisotopic (exact) mass is 248 g/mol. The smallest absolute Gasteiger partial charge is 0.0108 e. The summed E-state index contributed by atoms with van der Waals surface area (Å²) in [5.74, 6) is 0. The summed E-state index contributed by atoms with van der Waals surface area (Å²) in [5, 5.41) is 0. The van der Waals surface area contributed by atoms with Crippen LogP contribution >= 0.6 is 9.24 Å². The predicted molar refractivity (Wildman–Crippen MR) is 82.3 cm³/mol. The van der Waals surface area contributed by atoms with Crippen molar-refractivity contribution < 1.29 is 0 Å². The highest BCUT2D eigenvalue weighted by Crippen LogP contribution is 2.41. The minimum Gasteiger partial charge on any atom is -0.133 e. The molecular formula is C16H25P. The SMILES string of the molecule is C/C=C\C(=C/CC)C(C)(C)C1=CC=C(CP)C1. The highest BCUT2D eigenvalue weighted by Gasteiger charge is 2.27. The van der Waals surface area contributed by atoms with Gasteiger partial charge in [0.05, 0.1) is 0 Å². The van der Waals surface area contributed by atoms with Crippen LogP contribution in [0.3, 0.4) is 0 Å². The average molecular weight is 248 g/mol. The van der Waals surface area contributed by atoms with Crippen LogP contribution in [-0.4, -0.2) is 6.16 Å². The van der Waals surface area contributed by atoms with Gasteiger partial charge in [-0.1, -0.05) is 62.3 Å². The average Bonchev–Trinajstić information content (AvgIpc) is 2.78. The summed E-state index contributed by atoms with van der Waals surface area (Å²) in [7, 11) is 2.82. The van der Waals surface area contributed by atoms with E-state index in [1.807, 2.05) is 0 Å². The van der Waals surface area contributed by atoms with Crippen LogP contribution in [0.25, 0.3) is 0 Å². The highest BCUT2D eigenvalue weighted by molar-refractivity contribution is 7.16. The van der Waals surface area contributed by atoms with E-state index in [1.165, 1.54) is 16.7 Å². The lowest BCUT2D eigenvalue weighted by molar-refractivity contribution is 0.538. The lowest BCUT2D eigenvalue weighted by Gasteiger charge is -2.29. The van der Waals surface area contributed by atoms with Crippen molar-refractivity contribution in [3.05, 3.63) is 47.1 Å². The second kappa shape index (κ2) is 6.36. The van der Waals surface area contributed by atoms with E-state index in [0.717, 1.165) is 19.0 Å². The van der Waals surface area contributed by atoms with Crippen molar-refractivity contribution in [3.63, 3.8) is 0 Å². The van der Waals surface area contributed by atoms with Crippen molar-refractivity contribution in [2.75, 3.05) is 6.16 Å². The Hall–Kier alpha value is -0.610. The van der Waals surface area contributed by atoms with Crippen molar-refractivity contribution in [2.24, 2.45) is 5.41 Å². The summed E-state index contributed by atoms with van der Waals surface area (Å²) in [6.45, 7) is 8.96. The first-order valence-corrected chi connectivity index (χ1v) is 7.30. The van der Waals surface area contributed by atoms with Crippen LogP contribution in [0.5, 0.6) is 0 Å². The fourth-order valence-corrected chi connectivity index (χ4v) is 2.55. The molecule has 0 aromatic rings. The Morgan fingerprint density at radius 2 is 2.12 bits per heavy atom. The molecule has 1 atom stereocenters. The van der Waals surface area contributed by atoms with Crippen LogP contribution < -0.4 is 0 Å². The Kier molecular flexibility index (Phi) is 5.40. The lowest BCUT2D eigenvalue weighted by atomic mass is 9.75. The molecule has 1 unspecified atom stereocenters. The van der Waals surface area contributed by atoms with Gasteiger partial charge in [-0.25, -0.2) is 0 Å². The van der Waals surface area contributed by atoms with Gasteiger partial charge >= 0.3 is 0 Å². The molecule has 1 aliphatic rings. The predicted octanol–water partition coefficient (Wildman–Crippen LogP) is 5.06. The maximum absolute atomic E-state index is 2.82. The molecule has 0 saturated heterocycles. The third-order valence-corrected chi connectivity index (χ3v) is 4.02. The van der Waals surface area contributed by atoms with Gasteiger partial charge in [-0.15, -0.1) is 9.24 Å². The van der Waals surface area contributed by atoms with Crippen molar-refractivity contribution in [3.8, 4) is 0 Å². The third-order valence-electron chi connectivity index (χ3n) is 3.49. The Morgan fingerprint density at radius 3 is 2.59 bits per heavy atom. The molecule has 17 heavy (non-hydrogen) atoms. The van der Waals surface area contributed by atoms with E-state index in [0.29, 0.717) is 0 Å². The summed E-state index contributed by atoms with van der Waals surface area (Å²) < 4.78 is 0. The molecule has 0 aliphatic heterocycles. The standard InChI is InChI=1S/C16H25P/c1-5-7-14(8-6-2)16(3,4)15-10-9-13(11-15)12-17/h5,7-10H,6,11-12,17H2,1-4H3/b7-5-,14-8+. The normalized spacial score (nSPS) is 17.6. The number of rotatable bonds is 5. The van der Waals surface area contributed by atoms with Crippen LogP contribution in [0.1, 0.15) is 40.5 Å². The maximum Gasteiger partial charge on any atom is 0.0108 e. The van der Waals surface area contributed by atoms with Crippen molar-refractivity contribution in [1.29, 1.82) is 0 Å². The molecule has 0 radical (unpaired) electrons. The topological polar surface area (TPSA) is 0 Å². The van der Waals surface area contributed by atoms with Gasteiger partial charge in [0.15, 0.2) is 0 Å². The van der Waals surface area contributed by atoms with Gasteiger partial charge in [-0.3, -0.25) is 0 Å². The quantitative estimate of drug-likeness (QED) is 0.471. The molecule has 1 rings (SSSR count). The van der Waals surface area contributed by atoms with Crippen molar-refractivity contribution in [1.82, 2.24) is 0 Å². The molecule has 0 saturated carbocycles. The largest absolute Gasteiger partial charge is 0.133 e. The van der Waals surface area contributed by atoms with Crippen molar-refractivity contribution in [2.45, 2.75) is 40.5 Å². The Labute approximate surface area is 109 Å². The summed E-state index contributed by atoms with van der Waals surface area (Å²) in [5.41, 5.74) is 4.65. The van der Waals surface area contributed by atoms with E-state index < -0.39 is 0 Å². The Morgan fingerprint density at radius 1 is 1.41 bits per heavy atom. The molecule has 0 bridgehead atoms. The van der Waals surface area contributed by atoms with Gasteiger partial charge in [0.2, 0.25) is 0 Å². The van der Waals surface area contributed by atoms with Gasteiger partial charge in [-0.05, 0) is 31.5 Å².